The number of likely N-dealkylation sites (tertiary alicyclic amines) is 1. The van der Waals surface area contributed by atoms with E-state index in [1.165, 1.54) is 12.8 Å². The number of benzene rings is 2. The number of anilines is 2. The maximum absolute atomic E-state index is 12.6. The van der Waals surface area contributed by atoms with Gasteiger partial charge in [0.2, 0.25) is 5.91 Å². The summed E-state index contributed by atoms with van der Waals surface area (Å²) >= 11 is 11.9. The van der Waals surface area contributed by atoms with Gasteiger partial charge in [0.1, 0.15) is 0 Å². The van der Waals surface area contributed by atoms with Crippen molar-refractivity contribution in [3.63, 3.8) is 0 Å². The van der Waals surface area contributed by atoms with Crippen LogP contribution in [-0.4, -0.2) is 36.3 Å². The van der Waals surface area contributed by atoms with E-state index in [2.05, 4.69) is 10.6 Å². The number of nitrogens with one attached hydrogen (secondary N) is 2. The molecular formula is C21H23Cl2N3O2. The summed E-state index contributed by atoms with van der Waals surface area (Å²) in [5.41, 5.74) is 1.92. The normalized spacial score (nSPS) is 14.3. The quantitative estimate of drug-likeness (QED) is 0.711. The first-order valence-corrected chi connectivity index (χ1v) is 10.2. The first kappa shape index (κ1) is 20.5. The van der Waals surface area contributed by atoms with Gasteiger partial charge in [0.05, 0.1) is 17.3 Å². The summed E-state index contributed by atoms with van der Waals surface area (Å²) in [6, 6.07) is 12.0. The number of carbonyl (C=O) groups is 2. The number of carbonyl (C=O) groups excluding carboxylic acids is 2. The highest BCUT2D eigenvalue weighted by Crippen LogP contribution is 2.25. The Morgan fingerprint density at radius 1 is 0.929 bits per heavy atom. The van der Waals surface area contributed by atoms with E-state index >= 15 is 0 Å². The smallest absolute Gasteiger partial charge is 0.253 e. The lowest BCUT2D eigenvalue weighted by Gasteiger charge is -2.20. The van der Waals surface area contributed by atoms with Gasteiger partial charge >= 0.3 is 0 Å². The second kappa shape index (κ2) is 9.80. The van der Waals surface area contributed by atoms with E-state index < -0.39 is 0 Å². The van der Waals surface area contributed by atoms with Crippen LogP contribution in [0.25, 0.3) is 0 Å². The first-order valence-electron chi connectivity index (χ1n) is 9.41. The molecule has 1 saturated heterocycles. The fourth-order valence-corrected chi connectivity index (χ4v) is 3.64. The van der Waals surface area contributed by atoms with Crippen molar-refractivity contribution in [3.8, 4) is 0 Å². The molecular weight excluding hydrogens is 397 g/mol. The predicted octanol–water partition coefficient (Wildman–Crippen LogP) is 5.06. The number of halogens is 2. The number of rotatable bonds is 5. The number of nitrogens with zero attached hydrogens (tertiary/aromatic N) is 1. The van der Waals surface area contributed by atoms with E-state index in [1.54, 1.807) is 42.5 Å². The van der Waals surface area contributed by atoms with Gasteiger partial charge in [0.25, 0.3) is 5.91 Å². The van der Waals surface area contributed by atoms with Crippen LogP contribution in [0.2, 0.25) is 10.0 Å². The third-order valence-electron chi connectivity index (χ3n) is 4.68. The molecule has 28 heavy (non-hydrogen) atoms. The molecule has 2 amide bonds. The Kier molecular flexibility index (Phi) is 7.18. The summed E-state index contributed by atoms with van der Waals surface area (Å²) in [7, 11) is 0. The van der Waals surface area contributed by atoms with Crippen molar-refractivity contribution in [1.82, 2.24) is 4.90 Å². The van der Waals surface area contributed by atoms with E-state index in [4.69, 9.17) is 23.2 Å². The molecule has 5 nitrogen and oxygen atoms in total. The molecule has 0 bridgehead atoms. The van der Waals surface area contributed by atoms with E-state index in [9.17, 15) is 9.59 Å². The van der Waals surface area contributed by atoms with Crippen molar-refractivity contribution in [3.05, 3.63) is 58.1 Å². The lowest BCUT2D eigenvalue weighted by Crippen LogP contribution is -2.31. The van der Waals surface area contributed by atoms with Crippen molar-refractivity contribution in [2.45, 2.75) is 25.7 Å². The fraction of sp³-hybridized carbons (Fsp3) is 0.333. The minimum atomic E-state index is -0.211. The Hall–Kier alpha value is -2.24. The molecule has 2 aromatic rings. The van der Waals surface area contributed by atoms with Crippen molar-refractivity contribution < 1.29 is 9.59 Å². The van der Waals surface area contributed by atoms with Crippen LogP contribution in [0.3, 0.4) is 0 Å². The molecule has 0 radical (unpaired) electrons. The third-order valence-corrected chi connectivity index (χ3v) is 5.23. The van der Waals surface area contributed by atoms with Gasteiger partial charge < -0.3 is 15.5 Å². The molecule has 0 aromatic heterocycles. The maximum Gasteiger partial charge on any atom is 0.253 e. The Labute approximate surface area is 175 Å². The lowest BCUT2D eigenvalue weighted by molar-refractivity contribution is -0.114. The van der Waals surface area contributed by atoms with Crippen molar-refractivity contribution >= 4 is 46.4 Å². The average Bonchev–Trinajstić information content (AvgIpc) is 2.97. The molecule has 2 aromatic carbocycles. The molecule has 0 unspecified atom stereocenters. The Balaban J connectivity index is 1.53. The molecule has 0 spiro atoms. The van der Waals surface area contributed by atoms with Gasteiger partial charge in [-0.25, -0.2) is 0 Å². The molecule has 148 valence electrons. The van der Waals surface area contributed by atoms with E-state index in [0.29, 0.717) is 27.0 Å². The number of hydrogen-bond acceptors (Lipinski definition) is 3. The standard InChI is InChI=1S/C21H23Cl2N3O2/c22-16-7-10-19(18(23)13-16)24-14-20(27)25-17-8-5-15(6-9-17)21(28)26-11-3-1-2-4-12-26/h5-10,13,24H,1-4,11-12,14H2,(H,25,27). The SMILES string of the molecule is O=C(CNc1ccc(Cl)cc1Cl)Nc1ccc(C(=O)N2CCCCCC2)cc1. The van der Waals surface area contributed by atoms with Crippen LogP contribution in [0.15, 0.2) is 42.5 Å². The van der Waals surface area contributed by atoms with Gasteiger partial charge in [-0.15, -0.1) is 0 Å². The molecule has 7 heteroatoms. The van der Waals surface area contributed by atoms with E-state index in [1.807, 2.05) is 4.90 Å². The van der Waals surface area contributed by atoms with Crippen LogP contribution >= 0.6 is 23.2 Å². The molecule has 0 atom stereocenters. The lowest BCUT2D eigenvalue weighted by atomic mass is 10.1. The van der Waals surface area contributed by atoms with Gasteiger partial charge in [-0.2, -0.15) is 0 Å². The average molecular weight is 420 g/mol. The number of amides is 2. The molecule has 3 rings (SSSR count). The molecule has 0 aliphatic carbocycles. The van der Waals surface area contributed by atoms with Gasteiger partial charge in [-0.1, -0.05) is 36.0 Å². The van der Waals surface area contributed by atoms with Crippen LogP contribution < -0.4 is 10.6 Å². The second-order valence-corrected chi connectivity index (χ2v) is 7.65. The zero-order chi connectivity index (χ0) is 19.9. The minimum absolute atomic E-state index is 0.0545. The van der Waals surface area contributed by atoms with Crippen LogP contribution in [0.5, 0.6) is 0 Å². The van der Waals surface area contributed by atoms with Gasteiger partial charge in [0, 0.05) is 29.4 Å². The number of hydrogen-bond donors (Lipinski definition) is 2. The van der Waals surface area contributed by atoms with Crippen molar-refractivity contribution in [2.75, 3.05) is 30.3 Å². The summed E-state index contributed by atoms with van der Waals surface area (Å²) in [5.74, 6) is -0.156. The van der Waals surface area contributed by atoms with E-state index in [-0.39, 0.29) is 18.4 Å². The third kappa shape index (κ3) is 5.63. The Bertz CT molecular complexity index is 832. The summed E-state index contributed by atoms with van der Waals surface area (Å²) in [6.07, 6.45) is 4.49. The van der Waals surface area contributed by atoms with Gasteiger partial charge in [-0.05, 0) is 55.3 Å². The molecule has 1 fully saturated rings. The van der Waals surface area contributed by atoms with Crippen LogP contribution in [-0.2, 0) is 4.79 Å². The maximum atomic E-state index is 12.6. The van der Waals surface area contributed by atoms with Crippen LogP contribution in [0.1, 0.15) is 36.0 Å². The Morgan fingerprint density at radius 3 is 2.25 bits per heavy atom. The van der Waals surface area contributed by atoms with Crippen LogP contribution in [0.4, 0.5) is 11.4 Å². The first-order chi connectivity index (χ1) is 13.5. The molecule has 1 aliphatic heterocycles. The van der Waals surface area contributed by atoms with Crippen molar-refractivity contribution in [1.29, 1.82) is 0 Å². The summed E-state index contributed by atoms with van der Waals surface area (Å²) in [5, 5.41) is 6.77. The topological polar surface area (TPSA) is 61.4 Å². The van der Waals surface area contributed by atoms with Crippen molar-refractivity contribution in [2.24, 2.45) is 0 Å². The van der Waals surface area contributed by atoms with Gasteiger partial charge in [0.15, 0.2) is 0 Å². The van der Waals surface area contributed by atoms with E-state index in [0.717, 1.165) is 25.9 Å². The molecule has 2 N–H and O–H groups in total. The summed E-state index contributed by atoms with van der Waals surface area (Å²) < 4.78 is 0. The van der Waals surface area contributed by atoms with Crippen LogP contribution in [0, 0.1) is 0 Å². The Morgan fingerprint density at radius 2 is 1.61 bits per heavy atom. The largest absolute Gasteiger partial charge is 0.375 e. The highest BCUT2D eigenvalue weighted by Gasteiger charge is 2.17. The minimum Gasteiger partial charge on any atom is -0.375 e. The second-order valence-electron chi connectivity index (χ2n) is 6.81. The monoisotopic (exact) mass is 419 g/mol. The molecule has 1 aliphatic rings. The highest BCUT2D eigenvalue weighted by molar-refractivity contribution is 6.36. The zero-order valence-corrected chi connectivity index (χ0v) is 17.0. The zero-order valence-electron chi connectivity index (χ0n) is 15.5. The molecule has 0 saturated carbocycles. The summed E-state index contributed by atoms with van der Waals surface area (Å²) in [4.78, 5) is 26.7. The highest BCUT2D eigenvalue weighted by atomic mass is 35.5. The fourth-order valence-electron chi connectivity index (χ4n) is 3.17. The predicted molar refractivity (Wildman–Crippen MR) is 114 cm³/mol. The summed E-state index contributed by atoms with van der Waals surface area (Å²) in [6.45, 7) is 1.70. The van der Waals surface area contributed by atoms with Gasteiger partial charge in [-0.3, -0.25) is 9.59 Å². The molecule has 1 heterocycles.